The topological polar surface area (TPSA) is 97.8 Å². The number of rotatable bonds is 7. The standard InChI is InChI=1S/C22H23N3O5S/c1-29-17-8-7-13(11-18(17)30-2)16-12-31-22(23-16)24-19(26)9-10-25-20(27)14-5-3-4-6-15(14)21(25)28/h3-4,7-8,11-12,14-15H,5-6,9-10H2,1-2H3,(H,23,24,26)/t14-,15+. The Labute approximate surface area is 183 Å². The number of nitrogens with zero attached hydrogens (tertiary/aromatic N) is 2. The average molecular weight is 442 g/mol. The number of carbonyl (C=O) groups is 3. The Morgan fingerprint density at radius 2 is 1.81 bits per heavy atom. The summed E-state index contributed by atoms with van der Waals surface area (Å²) in [5, 5.41) is 5.04. The first-order chi connectivity index (χ1) is 15.0. The van der Waals surface area contributed by atoms with E-state index < -0.39 is 0 Å². The largest absolute Gasteiger partial charge is 0.493 e. The number of amides is 3. The van der Waals surface area contributed by atoms with E-state index in [9.17, 15) is 14.4 Å². The van der Waals surface area contributed by atoms with Gasteiger partial charge < -0.3 is 14.8 Å². The second kappa shape index (κ2) is 8.89. The Bertz CT molecular complexity index is 1020. The fourth-order valence-corrected chi connectivity index (χ4v) is 4.68. The summed E-state index contributed by atoms with van der Waals surface area (Å²) in [6.07, 6.45) is 5.11. The van der Waals surface area contributed by atoms with Crippen LogP contribution < -0.4 is 14.8 Å². The van der Waals surface area contributed by atoms with Crippen LogP contribution >= 0.6 is 11.3 Å². The number of thiazole rings is 1. The van der Waals surface area contributed by atoms with Crippen LogP contribution in [0.1, 0.15) is 19.3 Å². The first kappa shape index (κ1) is 21.0. The molecule has 0 spiro atoms. The molecule has 1 aromatic carbocycles. The molecule has 0 radical (unpaired) electrons. The number of ether oxygens (including phenoxy) is 2. The van der Waals surface area contributed by atoms with Crippen molar-refractivity contribution in [3.05, 3.63) is 35.7 Å². The van der Waals surface area contributed by atoms with Crippen molar-refractivity contribution < 1.29 is 23.9 Å². The lowest BCUT2D eigenvalue weighted by Crippen LogP contribution is -2.34. The number of likely N-dealkylation sites (tertiary alicyclic amines) is 1. The van der Waals surface area contributed by atoms with E-state index in [1.165, 1.54) is 16.2 Å². The number of hydrogen-bond donors (Lipinski definition) is 1. The summed E-state index contributed by atoms with van der Waals surface area (Å²) in [5.41, 5.74) is 1.53. The normalized spacial score (nSPS) is 20.0. The average Bonchev–Trinajstić information content (AvgIpc) is 3.35. The summed E-state index contributed by atoms with van der Waals surface area (Å²) >= 11 is 1.30. The maximum atomic E-state index is 12.5. The van der Waals surface area contributed by atoms with Crippen LogP contribution in [0.5, 0.6) is 11.5 Å². The van der Waals surface area contributed by atoms with E-state index in [2.05, 4.69) is 10.3 Å². The lowest BCUT2D eigenvalue weighted by atomic mass is 9.85. The van der Waals surface area contributed by atoms with E-state index in [0.29, 0.717) is 35.2 Å². The number of carbonyl (C=O) groups excluding carboxylic acids is 3. The van der Waals surface area contributed by atoms with Gasteiger partial charge in [-0.3, -0.25) is 19.3 Å². The highest BCUT2D eigenvalue weighted by Crippen LogP contribution is 2.35. The molecule has 1 aromatic heterocycles. The van der Waals surface area contributed by atoms with E-state index >= 15 is 0 Å². The molecule has 2 aromatic rings. The van der Waals surface area contributed by atoms with Gasteiger partial charge >= 0.3 is 0 Å². The number of benzene rings is 1. The number of anilines is 1. The third kappa shape index (κ3) is 4.18. The van der Waals surface area contributed by atoms with Crippen molar-refractivity contribution in [2.75, 3.05) is 26.1 Å². The molecule has 8 nitrogen and oxygen atoms in total. The lowest BCUT2D eigenvalue weighted by Gasteiger charge is -2.14. The number of fused-ring (bicyclic) bond motifs is 1. The Morgan fingerprint density at radius 1 is 1.13 bits per heavy atom. The highest BCUT2D eigenvalue weighted by molar-refractivity contribution is 7.14. The van der Waals surface area contributed by atoms with E-state index in [1.807, 2.05) is 29.7 Å². The fourth-order valence-electron chi connectivity index (χ4n) is 3.94. The molecule has 1 saturated heterocycles. The van der Waals surface area contributed by atoms with Gasteiger partial charge in [-0.2, -0.15) is 0 Å². The summed E-state index contributed by atoms with van der Waals surface area (Å²) in [6.45, 7) is 0.0877. The van der Waals surface area contributed by atoms with Crippen LogP contribution in [0.25, 0.3) is 11.3 Å². The van der Waals surface area contributed by atoms with E-state index in [-0.39, 0.29) is 42.5 Å². The van der Waals surface area contributed by atoms with Gasteiger partial charge in [0.2, 0.25) is 17.7 Å². The monoisotopic (exact) mass is 441 g/mol. The molecule has 1 aliphatic heterocycles. The van der Waals surface area contributed by atoms with E-state index in [1.54, 1.807) is 20.3 Å². The Morgan fingerprint density at radius 3 is 2.45 bits per heavy atom. The minimum Gasteiger partial charge on any atom is -0.493 e. The molecule has 4 rings (SSSR count). The zero-order valence-electron chi connectivity index (χ0n) is 17.3. The van der Waals surface area contributed by atoms with Crippen molar-refractivity contribution in [2.45, 2.75) is 19.3 Å². The molecule has 2 atom stereocenters. The summed E-state index contributed by atoms with van der Waals surface area (Å²) < 4.78 is 10.6. The molecule has 2 heterocycles. The molecule has 1 aliphatic carbocycles. The molecule has 162 valence electrons. The van der Waals surface area contributed by atoms with E-state index in [0.717, 1.165) is 5.56 Å². The van der Waals surface area contributed by atoms with Gasteiger partial charge in [0.25, 0.3) is 0 Å². The Balaban J connectivity index is 1.35. The van der Waals surface area contributed by atoms with Crippen molar-refractivity contribution in [1.82, 2.24) is 9.88 Å². The van der Waals surface area contributed by atoms with Gasteiger partial charge in [0.15, 0.2) is 16.6 Å². The van der Waals surface area contributed by atoms with Crippen molar-refractivity contribution >= 4 is 34.2 Å². The maximum absolute atomic E-state index is 12.5. The van der Waals surface area contributed by atoms with Crippen LogP contribution in [-0.2, 0) is 14.4 Å². The van der Waals surface area contributed by atoms with Gasteiger partial charge in [-0.25, -0.2) is 4.98 Å². The SMILES string of the molecule is COc1ccc(-c2csc(NC(=O)CCN3C(=O)[C@H]4CC=CC[C@H]4C3=O)n2)cc1OC. The van der Waals surface area contributed by atoms with Gasteiger partial charge in [-0.15, -0.1) is 11.3 Å². The highest BCUT2D eigenvalue weighted by Gasteiger charge is 2.46. The fraction of sp³-hybridized carbons (Fsp3) is 0.364. The van der Waals surface area contributed by atoms with Crippen molar-refractivity contribution in [3.63, 3.8) is 0 Å². The van der Waals surface area contributed by atoms with Crippen molar-refractivity contribution in [2.24, 2.45) is 11.8 Å². The zero-order valence-corrected chi connectivity index (χ0v) is 18.1. The quantitative estimate of drug-likeness (QED) is 0.524. The maximum Gasteiger partial charge on any atom is 0.233 e. The molecule has 0 bridgehead atoms. The van der Waals surface area contributed by atoms with Crippen molar-refractivity contribution in [1.29, 1.82) is 0 Å². The molecule has 31 heavy (non-hydrogen) atoms. The van der Waals surface area contributed by atoms with Crippen LogP contribution in [0.2, 0.25) is 0 Å². The Kier molecular flexibility index (Phi) is 6.03. The Hall–Kier alpha value is -3.20. The number of allylic oxidation sites excluding steroid dienone is 2. The molecule has 0 unspecified atom stereocenters. The first-order valence-electron chi connectivity index (χ1n) is 9.99. The molecule has 3 amide bonds. The second-order valence-electron chi connectivity index (χ2n) is 7.39. The molecule has 9 heteroatoms. The van der Waals surface area contributed by atoms with Crippen LogP contribution in [0.15, 0.2) is 35.7 Å². The lowest BCUT2D eigenvalue weighted by molar-refractivity contribution is -0.140. The van der Waals surface area contributed by atoms with Crippen LogP contribution in [0.4, 0.5) is 5.13 Å². The smallest absolute Gasteiger partial charge is 0.233 e. The summed E-state index contributed by atoms with van der Waals surface area (Å²) in [5.74, 6) is 0.0363. The first-order valence-corrected chi connectivity index (χ1v) is 10.9. The predicted molar refractivity (Wildman–Crippen MR) is 116 cm³/mol. The summed E-state index contributed by atoms with van der Waals surface area (Å²) in [4.78, 5) is 43.1. The minimum atomic E-state index is -0.290. The van der Waals surface area contributed by atoms with Crippen molar-refractivity contribution in [3.8, 4) is 22.8 Å². The summed E-state index contributed by atoms with van der Waals surface area (Å²) in [6, 6.07) is 5.47. The van der Waals surface area contributed by atoms with Gasteiger partial charge in [0.05, 0.1) is 31.7 Å². The third-order valence-electron chi connectivity index (χ3n) is 5.59. The van der Waals surface area contributed by atoms with Crippen LogP contribution in [0.3, 0.4) is 0 Å². The van der Waals surface area contributed by atoms with Gasteiger partial charge in [-0.05, 0) is 31.0 Å². The van der Waals surface area contributed by atoms with Crippen LogP contribution in [0, 0.1) is 11.8 Å². The number of aromatic nitrogens is 1. The number of nitrogens with one attached hydrogen (secondary N) is 1. The number of imide groups is 1. The molecular weight excluding hydrogens is 418 g/mol. The molecule has 1 fully saturated rings. The van der Waals surface area contributed by atoms with Gasteiger partial charge in [-0.1, -0.05) is 12.2 Å². The zero-order chi connectivity index (χ0) is 22.0. The second-order valence-corrected chi connectivity index (χ2v) is 8.25. The number of methoxy groups -OCH3 is 2. The molecule has 2 aliphatic rings. The van der Waals surface area contributed by atoms with E-state index in [4.69, 9.17) is 9.47 Å². The van der Waals surface area contributed by atoms with Gasteiger partial charge in [0, 0.05) is 23.9 Å². The third-order valence-corrected chi connectivity index (χ3v) is 6.35. The molecular formula is C22H23N3O5S. The molecule has 0 saturated carbocycles. The molecule has 1 N–H and O–H groups in total. The highest BCUT2D eigenvalue weighted by atomic mass is 32.1. The van der Waals surface area contributed by atoms with Crippen LogP contribution in [-0.4, -0.2) is 48.4 Å². The van der Waals surface area contributed by atoms with Gasteiger partial charge in [0.1, 0.15) is 0 Å². The minimum absolute atomic E-state index is 0.0373. The number of hydrogen-bond acceptors (Lipinski definition) is 7. The predicted octanol–water partition coefficient (Wildman–Crippen LogP) is 3.11. The summed E-state index contributed by atoms with van der Waals surface area (Å²) in [7, 11) is 3.14.